The zero-order valence-corrected chi connectivity index (χ0v) is 15.8. The lowest BCUT2D eigenvalue weighted by Gasteiger charge is -2.29. The molecule has 1 saturated carbocycles. The zero-order chi connectivity index (χ0) is 19.4. The fourth-order valence-corrected chi connectivity index (χ4v) is 3.60. The highest BCUT2D eigenvalue weighted by molar-refractivity contribution is 6.40. The minimum Gasteiger partial charge on any atom is -0.464 e. The maximum absolute atomic E-state index is 12.8. The number of ether oxygens (including phenoxy) is 1. The molecule has 7 heteroatoms. The highest BCUT2D eigenvalue weighted by Crippen LogP contribution is 2.31. The average Bonchev–Trinajstić information content (AvgIpc) is 3.12. The Bertz CT molecular complexity index is 781. The van der Waals surface area contributed by atoms with Crippen LogP contribution >= 0.6 is 0 Å². The molecule has 3 rings (SSSR count). The SMILES string of the molecule is CCOC(=O)C1(NC(=O)C2=NN(c3cccc(C)c3)C(=O)CC2)CCCC1. The van der Waals surface area contributed by atoms with Crippen molar-refractivity contribution in [3.05, 3.63) is 29.8 Å². The molecule has 1 aromatic carbocycles. The Labute approximate surface area is 158 Å². The van der Waals surface area contributed by atoms with Crippen molar-refractivity contribution in [3.63, 3.8) is 0 Å². The quantitative estimate of drug-likeness (QED) is 0.806. The number of esters is 1. The van der Waals surface area contributed by atoms with Gasteiger partial charge in [-0.3, -0.25) is 9.59 Å². The second-order valence-corrected chi connectivity index (χ2v) is 7.06. The molecule has 2 amide bonds. The van der Waals surface area contributed by atoms with Gasteiger partial charge in [-0.15, -0.1) is 0 Å². The van der Waals surface area contributed by atoms with E-state index in [0.29, 0.717) is 18.5 Å². The summed E-state index contributed by atoms with van der Waals surface area (Å²) in [6, 6.07) is 7.40. The fraction of sp³-hybridized carbons (Fsp3) is 0.500. The minimum atomic E-state index is -0.981. The van der Waals surface area contributed by atoms with Gasteiger partial charge < -0.3 is 10.1 Å². The van der Waals surface area contributed by atoms with Gasteiger partial charge >= 0.3 is 5.97 Å². The Balaban J connectivity index is 1.82. The van der Waals surface area contributed by atoms with Gasteiger partial charge in [0.1, 0.15) is 11.3 Å². The van der Waals surface area contributed by atoms with E-state index in [9.17, 15) is 14.4 Å². The van der Waals surface area contributed by atoms with E-state index in [0.717, 1.165) is 18.4 Å². The summed E-state index contributed by atoms with van der Waals surface area (Å²) < 4.78 is 5.18. The van der Waals surface area contributed by atoms with E-state index < -0.39 is 11.4 Å². The van der Waals surface area contributed by atoms with Gasteiger partial charge in [-0.25, -0.2) is 9.80 Å². The first-order valence-electron chi connectivity index (χ1n) is 9.42. The predicted molar refractivity (Wildman–Crippen MR) is 101 cm³/mol. The van der Waals surface area contributed by atoms with Gasteiger partial charge in [0, 0.05) is 12.8 Å². The van der Waals surface area contributed by atoms with Crippen molar-refractivity contribution in [2.24, 2.45) is 5.10 Å². The number of nitrogens with zero attached hydrogens (tertiary/aromatic N) is 2. The third kappa shape index (κ3) is 4.02. The Kier molecular flexibility index (Phi) is 5.58. The van der Waals surface area contributed by atoms with Crippen molar-refractivity contribution in [1.29, 1.82) is 0 Å². The number of hydrazone groups is 1. The number of carbonyl (C=O) groups is 3. The largest absolute Gasteiger partial charge is 0.464 e. The van der Waals surface area contributed by atoms with Crippen LogP contribution in [-0.4, -0.2) is 35.6 Å². The fourth-order valence-electron chi connectivity index (χ4n) is 3.60. The maximum Gasteiger partial charge on any atom is 0.331 e. The lowest BCUT2D eigenvalue weighted by molar-refractivity contribution is -0.152. The van der Waals surface area contributed by atoms with Crippen LogP contribution in [0.4, 0.5) is 5.69 Å². The monoisotopic (exact) mass is 371 g/mol. The number of rotatable bonds is 5. The van der Waals surface area contributed by atoms with E-state index in [1.165, 1.54) is 5.01 Å². The first-order chi connectivity index (χ1) is 12.9. The van der Waals surface area contributed by atoms with Crippen molar-refractivity contribution in [2.45, 2.75) is 57.9 Å². The standard InChI is InChI=1S/C20H25N3O4/c1-3-27-19(26)20(11-4-5-12-20)21-18(25)16-9-10-17(24)23(22-16)15-8-6-7-14(2)13-15/h6-8,13H,3-5,9-12H2,1-2H3,(H,21,25). The summed E-state index contributed by atoms with van der Waals surface area (Å²) in [5.74, 6) is -0.952. The topological polar surface area (TPSA) is 88.1 Å². The van der Waals surface area contributed by atoms with Crippen molar-refractivity contribution >= 4 is 29.2 Å². The van der Waals surface area contributed by atoms with Crippen LogP contribution in [0.1, 0.15) is 51.0 Å². The number of aryl methyl sites for hydroxylation is 1. The number of carbonyl (C=O) groups excluding carboxylic acids is 3. The number of hydrogen-bond donors (Lipinski definition) is 1. The van der Waals surface area contributed by atoms with Gasteiger partial charge in [0.25, 0.3) is 5.91 Å². The number of amides is 2. The molecule has 1 aromatic rings. The number of nitrogens with one attached hydrogen (secondary N) is 1. The molecule has 1 fully saturated rings. The molecule has 1 N–H and O–H groups in total. The van der Waals surface area contributed by atoms with Crippen LogP contribution in [0.15, 0.2) is 29.4 Å². The first kappa shape index (κ1) is 19.1. The molecule has 1 aliphatic carbocycles. The molecule has 1 aliphatic heterocycles. The molecule has 0 spiro atoms. The van der Waals surface area contributed by atoms with Crippen LogP contribution in [0.3, 0.4) is 0 Å². The van der Waals surface area contributed by atoms with Gasteiger partial charge in [0.05, 0.1) is 12.3 Å². The highest BCUT2D eigenvalue weighted by Gasteiger charge is 2.44. The lowest BCUT2D eigenvalue weighted by Crippen LogP contribution is -2.55. The Morgan fingerprint density at radius 1 is 1.26 bits per heavy atom. The molecule has 0 saturated heterocycles. The Morgan fingerprint density at radius 2 is 2.00 bits per heavy atom. The average molecular weight is 371 g/mol. The molecule has 1 heterocycles. The normalized spacial score (nSPS) is 18.8. The third-order valence-electron chi connectivity index (χ3n) is 5.02. The molecule has 27 heavy (non-hydrogen) atoms. The lowest BCUT2D eigenvalue weighted by atomic mass is 9.97. The molecule has 7 nitrogen and oxygen atoms in total. The van der Waals surface area contributed by atoms with Gasteiger partial charge in [-0.05, 0) is 44.4 Å². The molecule has 0 aromatic heterocycles. The van der Waals surface area contributed by atoms with E-state index in [1.54, 1.807) is 13.0 Å². The van der Waals surface area contributed by atoms with Crippen LogP contribution in [0.2, 0.25) is 0 Å². The summed E-state index contributed by atoms with van der Waals surface area (Å²) in [5.41, 5.74) is 0.905. The molecular formula is C20H25N3O4. The predicted octanol–water partition coefficient (Wildman–Crippen LogP) is 2.47. The second-order valence-electron chi connectivity index (χ2n) is 7.06. The molecular weight excluding hydrogens is 346 g/mol. The van der Waals surface area contributed by atoms with E-state index in [1.807, 2.05) is 25.1 Å². The van der Waals surface area contributed by atoms with Crippen molar-refractivity contribution in [2.75, 3.05) is 11.6 Å². The second kappa shape index (κ2) is 7.90. The molecule has 2 aliphatic rings. The number of hydrogen-bond acceptors (Lipinski definition) is 5. The van der Waals surface area contributed by atoms with Crippen molar-refractivity contribution in [1.82, 2.24) is 5.32 Å². The molecule has 0 unspecified atom stereocenters. The van der Waals surface area contributed by atoms with Gasteiger partial charge in [-0.1, -0.05) is 25.0 Å². The van der Waals surface area contributed by atoms with Crippen LogP contribution in [-0.2, 0) is 19.1 Å². The number of benzene rings is 1. The minimum absolute atomic E-state index is 0.155. The maximum atomic E-state index is 12.8. The number of anilines is 1. The van der Waals surface area contributed by atoms with Gasteiger partial charge in [0.15, 0.2) is 0 Å². The summed E-state index contributed by atoms with van der Waals surface area (Å²) in [6.45, 7) is 3.95. The third-order valence-corrected chi connectivity index (χ3v) is 5.02. The van der Waals surface area contributed by atoms with Crippen LogP contribution in [0, 0.1) is 6.92 Å². The summed E-state index contributed by atoms with van der Waals surface area (Å²) in [5, 5.41) is 8.43. The van der Waals surface area contributed by atoms with Crippen LogP contribution < -0.4 is 10.3 Å². The smallest absolute Gasteiger partial charge is 0.331 e. The summed E-state index contributed by atoms with van der Waals surface area (Å²) in [6.07, 6.45) is 3.30. The van der Waals surface area contributed by atoms with Crippen LogP contribution in [0.25, 0.3) is 0 Å². The summed E-state index contributed by atoms with van der Waals surface area (Å²) in [7, 11) is 0. The van der Waals surface area contributed by atoms with E-state index in [4.69, 9.17) is 4.74 Å². The van der Waals surface area contributed by atoms with Gasteiger partial charge in [0.2, 0.25) is 5.91 Å². The van der Waals surface area contributed by atoms with Crippen LogP contribution in [0.5, 0.6) is 0 Å². The first-order valence-corrected chi connectivity index (χ1v) is 9.42. The summed E-state index contributed by atoms with van der Waals surface area (Å²) in [4.78, 5) is 37.5. The molecule has 144 valence electrons. The summed E-state index contributed by atoms with van der Waals surface area (Å²) >= 11 is 0. The Hall–Kier alpha value is -2.70. The Morgan fingerprint density at radius 3 is 2.67 bits per heavy atom. The molecule has 0 atom stereocenters. The molecule has 0 radical (unpaired) electrons. The highest BCUT2D eigenvalue weighted by atomic mass is 16.5. The van der Waals surface area contributed by atoms with E-state index >= 15 is 0 Å². The zero-order valence-electron chi connectivity index (χ0n) is 15.8. The van der Waals surface area contributed by atoms with Gasteiger partial charge in [-0.2, -0.15) is 5.10 Å². The van der Waals surface area contributed by atoms with E-state index in [2.05, 4.69) is 10.4 Å². The van der Waals surface area contributed by atoms with E-state index in [-0.39, 0.29) is 37.0 Å². The van der Waals surface area contributed by atoms with Crippen molar-refractivity contribution < 1.29 is 19.1 Å². The molecule has 0 bridgehead atoms. The van der Waals surface area contributed by atoms with Crippen molar-refractivity contribution in [3.8, 4) is 0 Å².